The van der Waals surface area contributed by atoms with Gasteiger partial charge in [0, 0.05) is 15.7 Å². The molecule has 0 radical (unpaired) electrons. The molecule has 0 spiro atoms. The van der Waals surface area contributed by atoms with Crippen molar-refractivity contribution in [2.24, 2.45) is 0 Å². The zero-order chi connectivity index (χ0) is 21.6. The fraction of sp³-hybridized carbons (Fsp3) is 0.250. The first-order valence-corrected chi connectivity index (χ1v) is 13.5. The average molecular weight is 459 g/mol. The van der Waals surface area contributed by atoms with Gasteiger partial charge in [0.1, 0.15) is 0 Å². The normalized spacial score (nSPS) is 12.6. The van der Waals surface area contributed by atoms with Gasteiger partial charge in [0.2, 0.25) is 0 Å². The molecule has 30 heavy (non-hydrogen) atoms. The van der Waals surface area contributed by atoms with Gasteiger partial charge in [0.05, 0.1) is 11.5 Å². The quantitative estimate of drug-likeness (QED) is 0.283. The van der Waals surface area contributed by atoms with E-state index in [1.54, 1.807) is 47.8 Å². The van der Waals surface area contributed by atoms with E-state index in [0.29, 0.717) is 6.42 Å². The molecule has 0 fully saturated rings. The lowest BCUT2D eigenvalue weighted by Crippen LogP contribution is -2.16. The molecule has 1 atom stereocenters. The highest BCUT2D eigenvalue weighted by atomic mass is 32.2. The summed E-state index contributed by atoms with van der Waals surface area (Å²) in [5.41, 5.74) is 3.23. The van der Waals surface area contributed by atoms with Gasteiger partial charge in [-0.1, -0.05) is 42.0 Å². The fourth-order valence-corrected chi connectivity index (χ4v) is 4.91. The molecule has 0 aromatic heterocycles. The van der Waals surface area contributed by atoms with E-state index in [-0.39, 0.29) is 17.4 Å². The number of hydrogen-bond donors (Lipinski definition) is 0. The second kappa shape index (κ2) is 10.5. The largest absolute Gasteiger partial charge is 0.296 e. The standard InChI is InChI=1S/C24H26O3S3/c1-18-4-14-24(15-5-18)30(25,26)27-17-21(20-8-12-23(29-3)13-9-20)16-19-6-10-22(28-2)11-7-19/h4-15,21H,16-17H2,1-3H3. The van der Waals surface area contributed by atoms with Crippen molar-refractivity contribution >= 4 is 33.6 Å². The third-order valence-electron chi connectivity index (χ3n) is 4.96. The van der Waals surface area contributed by atoms with E-state index in [1.165, 1.54) is 9.79 Å². The highest BCUT2D eigenvalue weighted by Crippen LogP contribution is 2.27. The van der Waals surface area contributed by atoms with Crippen LogP contribution in [0, 0.1) is 6.92 Å². The molecule has 158 valence electrons. The van der Waals surface area contributed by atoms with E-state index >= 15 is 0 Å². The summed E-state index contributed by atoms with van der Waals surface area (Å²) in [6.07, 6.45) is 4.79. The first-order valence-electron chi connectivity index (χ1n) is 9.64. The Kier molecular flexibility index (Phi) is 8.06. The minimum Gasteiger partial charge on any atom is -0.266 e. The first-order chi connectivity index (χ1) is 14.4. The molecule has 3 nitrogen and oxygen atoms in total. The van der Waals surface area contributed by atoms with Crippen molar-refractivity contribution in [1.29, 1.82) is 0 Å². The Morgan fingerprint density at radius 3 is 1.87 bits per heavy atom. The van der Waals surface area contributed by atoms with Gasteiger partial charge < -0.3 is 0 Å². The molecule has 0 bridgehead atoms. The van der Waals surface area contributed by atoms with E-state index in [1.807, 2.05) is 13.2 Å². The van der Waals surface area contributed by atoms with Crippen LogP contribution in [0.15, 0.2) is 87.5 Å². The summed E-state index contributed by atoms with van der Waals surface area (Å²) < 4.78 is 30.9. The number of benzene rings is 3. The molecule has 0 saturated heterocycles. The summed E-state index contributed by atoms with van der Waals surface area (Å²) in [6.45, 7) is 2.02. The van der Waals surface area contributed by atoms with Gasteiger partial charge in [-0.2, -0.15) is 8.42 Å². The van der Waals surface area contributed by atoms with Crippen molar-refractivity contribution < 1.29 is 12.6 Å². The van der Waals surface area contributed by atoms with Gasteiger partial charge in [-0.3, -0.25) is 4.18 Å². The maximum absolute atomic E-state index is 12.7. The molecule has 0 saturated carbocycles. The molecule has 0 aliphatic carbocycles. The maximum atomic E-state index is 12.7. The lowest BCUT2D eigenvalue weighted by Gasteiger charge is -2.18. The van der Waals surface area contributed by atoms with E-state index in [2.05, 4.69) is 54.8 Å². The van der Waals surface area contributed by atoms with Crippen LogP contribution in [0.4, 0.5) is 0 Å². The lowest BCUT2D eigenvalue weighted by molar-refractivity contribution is 0.290. The maximum Gasteiger partial charge on any atom is 0.296 e. The minimum atomic E-state index is -3.80. The number of hydrogen-bond acceptors (Lipinski definition) is 5. The zero-order valence-electron chi connectivity index (χ0n) is 17.4. The monoisotopic (exact) mass is 458 g/mol. The average Bonchev–Trinajstić information content (AvgIpc) is 2.77. The predicted molar refractivity (Wildman–Crippen MR) is 127 cm³/mol. The molecule has 0 N–H and O–H groups in total. The molecule has 3 aromatic rings. The van der Waals surface area contributed by atoms with E-state index in [9.17, 15) is 8.42 Å². The van der Waals surface area contributed by atoms with Crippen molar-refractivity contribution in [2.75, 3.05) is 19.1 Å². The summed E-state index contributed by atoms with van der Waals surface area (Å²) in [7, 11) is -3.80. The van der Waals surface area contributed by atoms with Crippen LogP contribution in [-0.2, 0) is 20.7 Å². The van der Waals surface area contributed by atoms with Crippen molar-refractivity contribution in [1.82, 2.24) is 0 Å². The second-order valence-electron chi connectivity index (χ2n) is 7.07. The summed E-state index contributed by atoms with van der Waals surface area (Å²) in [5.74, 6) is -0.0683. The van der Waals surface area contributed by atoms with E-state index in [4.69, 9.17) is 4.18 Å². The first kappa shape index (κ1) is 22.9. The van der Waals surface area contributed by atoms with Crippen LogP contribution < -0.4 is 0 Å². The van der Waals surface area contributed by atoms with Gasteiger partial charge in [0.15, 0.2) is 0 Å². The fourth-order valence-electron chi connectivity index (χ4n) is 3.14. The number of thioether (sulfide) groups is 2. The molecule has 3 aromatic carbocycles. The van der Waals surface area contributed by atoms with Gasteiger partial charge in [0.25, 0.3) is 10.1 Å². The third-order valence-corrected chi connectivity index (χ3v) is 7.75. The summed E-state index contributed by atoms with van der Waals surface area (Å²) in [4.78, 5) is 2.57. The summed E-state index contributed by atoms with van der Waals surface area (Å²) >= 11 is 3.39. The smallest absolute Gasteiger partial charge is 0.266 e. The lowest BCUT2D eigenvalue weighted by atomic mass is 9.93. The Bertz CT molecular complexity index is 1040. The number of rotatable bonds is 9. The van der Waals surface area contributed by atoms with Crippen LogP contribution in [0.2, 0.25) is 0 Å². The Morgan fingerprint density at radius 1 is 0.800 bits per heavy atom. The van der Waals surface area contributed by atoms with Gasteiger partial charge in [-0.15, -0.1) is 23.5 Å². The Hall–Kier alpha value is -1.73. The number of aryl methyl sites for hydroxylation is 1. The SMILES string of the molecule is CSc1ccc(CC(COS(=O)(=O)c2ccc(C)cc2)c2ccc(SC)cc2)cc1. The molecular weight excluding hydrogens is 432 g/mol. The molecule has 6 heteroatoms. The van der Waals surface area contributed by atoms with Gasteiger partial charge >= 0.3 is 0 Å². The Balaban J connectivity index is 1.81. The zero-order valence-corrected chi connectivity index (χ0v) is 19.8. The van der Waals surface area contributed by atoms with Crippen LogP contribution in [0.5, 0.6) is 0 Å². The van der Waals surface area contributed by atoms with Crippen LogP contribution in [0.25, 0.3) is 0 Å². The van der Waals surface area contributed by atoms with Crippen molar-refractivity contribution in [2.45, 2.75) is 33.9 Å². The van der Waals surface area contributed by atoms with Crippen LogP contribution in [0.1, 0.15) is 22.6 Å². The van der Waals surface area contributed by atoms with Crippen molar-refractivity contribution in [3.63, 3.8) is 0 Å². The molecule has 0 aliphatic heterocycles. The Morgan fingerprint density at radius 2 is 1.33 bits per heavy atom. The highest BCUT2D eigenvalue weighted by molar-refractivity contribution is 7.98. The van der Waals surface area contributed by atoms with Crippen molar-refractivity contribution in [3.8, 4) is 0 Å². The van der Waals surface area contributed by atoms with Gasteiger partial charge in [-0.25, -0.2) is 0 Å². The second-order valence-corrected chi connectivity index (χ2v) is 10.4. The van der Waals surface area contributed by atoms with E-state index < -0.39 is 10.1 Å². The topological polar surface area (TPSA) is 43.4 Å². The van der Waals surface area contributed by atoms with Crippen LogP contribution in [0.3, 0.4) is 0 Å². The van der Waals surface area contributed by atoms with Crippen LogP contribution in [-0.4, -0.2) is 27.5 Å². The molecule has 0 aliphatic rings. The van der Waals surface area contributed by atoms with E-state index in [0.717, 1.165) is 16.7 Å². The molecule has 1 unspecified atom stereocenters. The minimum absolute atomic E-state index is 0.0683. The predicted octanol–water partition coefficient (Wildman–Crippen LogP) is 6.17. The summed E-state index contributed by atoms with van der Waals surface area (Å²) in [5, 5.41) is 0. The molecule has 0 heterocycles. The van der Waals surface area contributed by atoms with Gasteiger partial charge in [-0.05, 0) is 73.4 Å². The molecular formula is C24H26O3S3. The summed E-state index contributed by atoms with van der Waals surface area (Å²) in [6, 6.07) is 23.4. The molecule has 3 rings (SSSR count). The highest BCUT2D eigenvalue weighted by Gasteiger charge is 2.20. The van der Waals surface area contributed by atoms with Crippen LogP contribution >= 0.6 is 23.5 Å². The van der Waals surface area contributed by atoms with Crippen molar-refractivity contribution in [3.05, 3.63) is 89.5 Å². The Labute approximate surface area is 188 Å². The third kappa shape index (κ3) is 6.14. The molecule has 0 amide bonds.